The second kappa shape index (κ2) is 4.44. The van der Waals surface area contributed by atoms with E-state index in [1.165, 1.54) is 12.1 Å². The van der Waals surface area contributed by atoms with Gasteiger partial charge in [0, 0.05) is 12.0 Å². The van der Waals surface area contributed by atoms with Gasteiger partial charge in [-0.1, -0.05) is 6.92 Å². The van der Waals surface area contributed by atoms with Crippen LogP contribution >= 0.6 is 0 Å². The van der Waals surface area contributed by atoms with Crippen molar-refractivity contribution in [3.8, 4) is 5.75 Å². The van der Waals surface area contributed by atoms with Gasteiger partial charge in [0.05, 0.1) is 6.26 Å². The minimum Gasteiger partial charge on any atom is -0.383 e. The second-order valence-corrected chi connectivity index (χ2v) is 4.66. The first-order valence-corrected chi connectivity index (χ1v) is 6.27. The normalized spacial score (nSPS) is 11.1. The molecule has 0 amide bonds. The molecule has 0 radical (unpaired) electrons. The molecule has 0 spiro atoms. The smallest absolute Gasteiger partial charge is 0.306 e. The van der Waals surface area contributed by atoms with E-state index in [4.69, 9.17) is 0 Å². The van der Waals surface area contributed by atoms with E-state index in [1.807, 2.05) is 0 Å². The highest BCUT2D eigenvalue weighted by molar-refractivity contribution is 7.86. The van der Waals surface area contributed by atoms with E-state index in [9.17, 15) is 13.2 Å². The fraction of sp³-hybridized carbons (Fsp3) is 0.300. The summed E-state index contributed by atoms with van der Waals surface area (Å²) in [5, 5.41) is 0. The Balaban J connectivity index is 2.86. The zero-order chi connectivity index (χ0) is 11.5. The monoisotopic (exact) mass is 228 g/mol. The van der Waals surface area contributed by atoms with Gasteiger partial charge in [-0.2, -0.15) is 8.42 Å². The maximum absolute atomic E-state index is 11.3. The fourth-order valence-corrected chi connectivity index (χ4v) is 1.54. The van der Waals surface area contributed by atoms with Crippen LogP contribution in [0.1, 0.15) is 23.7 Å². The van der Waals surface area contributed by atoms with Gasteiger partial charge < -0.3 is 4.18 Å². The van der Waals surface area contributed by atoms with Crippen molar-refractivity contribution < 1.29 is 17.4 Å². The molecular weight excluding hydrogens is 216 g/mol. The molecule has 0 saturated carbocycles. The molecule has 1 aromatic rings. The van der Waals surface area contributed by atoms with Crippen molar-refractivity contribution in [1.82, 2.24) is 0 Å². The third-order valence-electron chi connectivity index (χ3n) is 1.75. The Kier molecular flexibility index (Phi) is 3.47. The van der Waals surface area contributed by atoms with Gasteiger partial charge in [-0.25, -0.2) is 0 Å². The van der Waals surface area contributed by atoms with E-state index in [0.29, 0.717) is 12.0 Å². The van der Waals surface area contributed by atoms with Crippen LogP contribution in [0.5, 0.6) is 5.75 Å². The van der Waals surface area contributed by atoms with Crippen LogP contribution in [0.4, 0.5) is 0 Å². The number of hydrogen-bond acceptors (Lipinski definition) is 4. The fourth-order valence-electron chi connectivity index (χ4n) is 1.08. The van der Waals surface area contributed by atoms with Crippen LogP contribution < -0.4 is 4.18 Å². The Bertz CT molecular complexity index is 445. The highest BCUT2D eigenvalue weighted by Gasteiger charge is 2.06. The lowest BCUT2D eigenvalue weighted by Crippen LogP contribution is -2.06. The summed E-state index contributed by atoms with van der Waals surface area (Å²) in [5.41, 5.74) is 0.554. The van der Waals surface area contributed by atoms with Gasteiger partial charge in [0.2, 0.25) is 0 Å². The Hall–Kier alpha value is -1.36. The lowest BCUT2D eigenvalue weighted by Gasteiger charge is -2.03. The van der Waals surface area contributed by atoms with Crippen LogP contribution in [-0.4, -0.2) is 20.5 Å². The Morgan fingerprint density at radius 2 is 1.80 bits per heavy atom. The van der Waals surface area contributed by atoms with Crippen LogP contribution in [0.15, 0.2) is 24.3 Å². The van der Waals surface area contributed by atoms with Crippen LogP contribution in [-0.2, 0) is 10.1 Å². The number of rotatable bonds is 4. The molecule has 4 nitrogen and oxygen atoms in total. The Morgan fingerprint density at radius 3 is 2.20 bits per heavy atom. The van der Waals surface area contributed by atoms with E-state index in [0.717, 1.165) is 6.26 Å². The molecule has 0 aromatic heterocycles. The van der Waals surface area contributed by atoms with Crippen molar-refractivity contribution in [2.45, 2.75) is 13.3 Å². The molecule has 5 heteroatoms. The molecule has 1 rings (SSSR count). The number of carbonyl (C=O) groups is 1. The summed E-state index contributed by atoms with van der Waals surface area (Å²) in [4.78, 5) is 11.3. The van der Waals surface area contributed by atoms with Crippen molar-refractivity contribution >= 4 is 15.9 Å². The summed E-state index contributed by atoms with van der Waals surface area (Å²) < 4.78 is 26.2. The second-order valence-electron chi connectivity index (χ2n) is 3.09. The summed E-state index contributed by atoms with van der Waals surface area (Å²) >= 11 is 0. The van der Waals surface area contributed by atoms with Crippen LogP contribution in [0.2, 0.25) is 0 Å². The SMILES string of the molecule is CCC(=O)c1ccc(OS(C)(=O)=O)cc1. The van der Waals surface area contributed by atoms with Gasteiger partial charge in [-0.05, 0) is 24.3 Å². The molecule has 0 aliphatic carbocycles. The van der Waals surface area contributed by atoms with Crippen LogP contribution in [0, 0.1) is 0 Å². The number of benzene rings is 1. The van der Waals surface area contributed by atoms with Crippen molar-refractivity contribution in [3.05, 3.63) is 29.8 Å². The summed E-state index contributed by atoms with van der Waals surface area (Å²) in [6, 6.07) is 6.02. The molecule has 0 aliphatic heterocycles. The van der Waals surface area contributed by atoms with Crippen molar-refractivity contribution in [1.29, 1.82) is 0 Å². The van der Waals surface area contributed by atoms with Crippen molar-refractivity contribution in [3.63, 3.8) is 0 Å². The van der Waals surface area contributed by atoms with Crippen LogP contribution in [0.25, 0.3) is 0 Å². The molecule has 0 saturated heterocycles. The van der Waals surface area contributed by atoms with E-state index in [2.05, 4.69) is 4.18 Å². The largest absolute Gasteiger partial charge is 0.383 e. The average Bonchev–Trinajstić information content (AvgIpc) is 2.15. The van der Waals surface area contributed by atoms with Gasteiger partial charge in [-0.15, -0.1) is 0 Å². The minimum absolute atomic E-state index is 0.0147. The molecule has 0 fully saturated rings. The van der Waals surface area contributed by atoms with Crippen LogP contribution in [0.3, 0.4) is 0 Å². The summed E-state index contributed by atoms with van der Waals surface area (Å²) in [5.74, 6) is 0.228. The first kappa shape index (κ1) is 11.7. The first-order chi connectivity index (χ1) is 6.92. The Morgan fingerprint density at radius 1 is 1.27 bits per heavy atom. The summed E-state index contributed by atoms with van der Waals surface area (Å²) in [6.45, 7) is 1.77. The number of hydrogen-bond donors (Lipinski definition) is 0. The van der Waals surface area contributed by atoms with Gasteiger partial charge in [0.15, 0.2) is 5.78 Å². The van der Waals surface area contributed by atoms with E-state index >= 15 is 0 Å². The third-order valence-corrected chi connectivity index (χ3v) is 2.24. The molecule has 0 aliphatic rings. The predicted octanol–water partition coefficient (Wildman–Crippen LogP) is 1.62. The number of Topliss-reactive ketones (excluding diaryl/α,β-unsaturated/α-hetero) is 1. The highest BCUT2D eigenvalue weighted by atomic mass is 32.2. The Labute approximate surface area is 89.0 Å². The highest BCUT2D eigenvalue weighted by Crippen LogP contribution is 2.14. The third kappa shape index (κ3) is 3.71. The summed E-state index contributed by atoms with van der Waals surface area (Å²) in [7, 11) is -3.50. The van der Waals surface area contributed by atoms with Gasteiger partial charge in [-0.3, -0.25) is 4.79 Å². The maximum atomic E-state index is 11.3. The zero-order valence-electron chi connectivity index (χ0n) is 8.56. The molecule has 1 aromatic carbocycles. The average molecular weight is 228 g/mol. The number of carbonyl (C=O) groups excluding carboxylic acids is 1. The van der Waals surface area contributed by atoms with E-state index in [-0.39, 0.29) is 11.5 Å². The van der Waals surface area contributed by atoms with Gasteiger partial charge in [0.25, 0.3) is 0 Å². The number of ketones is 1. The van der Waals surface area contributed by atoms with Gasteiger partial charge >= 0.3 is 10.1 Å². The molecule has 0 heterocycles. The maximum Gasteiger partial charge on any atom is 0.306 e. The van der Waals surface area contributed by atoms with Crippen molar-refractivity contribution in [2.75, 3.05) is 6.26 Å². The molecule has 0 atom stereocenters. The van der Waals surface area contributed by atoms with Crippen molar-refractivity contribution in [2.24, 2.45) is 0 Å². The standard InChI is InChI=1S/C10H12O4S/c1-3-10(11)8-4-6-9(7-5-8)14-15(2,12)13/h4-7H,3H2,1-2H3. The van der Waals surface area contributed by atoms with E-state index < -0.39 is 10.1 Å². The topological polar surface area (TPSA) is 60.4 Å². The summed E-state index contributed by atoms with van der Waals surface area (Å²) in [6.07, 6.45) is 1.39. The van der Waals surface area contributed by atoms with E-state index in [1.54, 1.807) is 19.1 Å². The molecule has 82 valence electrons. The molecular formula is C10H12O4S. The predicted molar refractivity (Wildman–Crippen MR) is 56.5 cm³/mol. The molecule has 0 unspecified atom stereocenters. The molecule has 0 bridgehead atoms. The zero-order valence-corrected chi connectivity index (χ0v) is 9.37. The lowest BCUT2D eigenvalue weighted by molar-refractivity contribution is 0.0988. The molecule has 15 heavy (non-hydrogen) atoms. The van der Waals surface area contributed by atoms with Gasteiger partial charge in [0.1, 0.15) is 5.75 Å². The first-order valence-electron chi connectivity index (χ1n) is 4.45. The lowest BCUT2D eigenvalue weighted by atomic mass is 10.1. The minimum atomic E-state index is -3.50. The molecule has 0 N–H and O–H groups in total. The quantitative estimate of drug-likeness (QED) is 0.580.